The van der Waals surface area contributed by atoms with Gasteiger partial charge in [-0.15, -0.1) is 0 Å². The molecule has 6 rings (SSSR count). The summed E-state index contributed by atoms with van der Waals surface area (Å²) in [6, 6.07) is 38.4. The van der Waals surface area contributed by atoms with E-state index in [9.17, 15) is 0 Å². The van der Waals surface area contributed by atoms with Gasteiger partial charge in [0.25, 0.3) is 6.73 Å². The third-order valence-electron chi connectivity index (χ3n) is 6.84. The smallest absolute Gasteiger partial charge is 0.292 e. The van der Waals surface area contributed by atoms with Crippen molar-refractivity contribution < 1.29 is 9.31 Å². The molecule has 0 N–H and O–H groups in total. The van der Waals surface area contributed by atoms with Crippen LogP contribution in [0.5, 0.6) is 5.75 Å². The number of para-hydroxylation sites is 1. The lowest BCUT2D eigenvalue weighted by atomic mass is 9.94. The molecule has 2 aliphatic rings. The van der Waals surface area contributed by atoms with Gasteiger partial charge in [-0.2, -0.15) is 4.58 Å². The first-order chi connectivity index (χ1) is 17.8. The van der Waals surface area contributed by atoms with E-state index in [1.807, 2.05) is 0 Å². The molecule has 1 aliphatic heterocycles. The number of allylic oxidation sites excluding steroid dienone is 5. The fraction of sp³-hybridized carbons (Fsp3) is 0.0882. The minimum Gasteiger partial charge on any atom is -0.435 e. The molecule has 174 valence electrons. The summed E-state index contributed by atoms with van der Waals surface area (Å²) in [7, 11) is 0. The molecule has 0 bridgehead atoms. The van der Waals surface area contributed by atoms with E-state index in [1.54, 1.807) is 0 Å². The van der Waals surface area contributed by atoms with Gasteiger partial charge in [0, 0.05) is 0 Å². The summed E-state index contributed by atoms with van der Waals surface area (Å²) in [6.07, 6.45) is 7.83. The summed E-state index contributed by atoms with van der Waals surface area (Å²) < 4.78 is 8.62. The van der Waals surface area contributed by atoms with Gasteiger partial charge in [-0.25, -0.2) is 0 Å². The molecule has 0 fully saturated rings. The maximum Gasteiger partial charge on any atom is 0.292 e. The predicted octanol–water partition coefficient (Wildman–Crippen LogP) is 7.76. The number of rotatable bonds is 4. The molecule has 4 aromatic carbocycles. The molecule has 0 atom stereocenters. The third kappa shape index (κ3) is 4.23. The first kappa shape index (κ1) is 22.1. The highest BCUT2D eigenvalue weighted by Crippen LogP contribution is 2.39. The lowest BCUT2D eigenvalue weighted by molar-refractivity contribution is -0.502. The van der Waals surface area contributed by atoms with Crippen molar-refractivity contribution in [3.8, 4) is 5.75 Å². The Bertz CT molecular complexity index is 1520. The normalized spacial score (nSPS) is 15.2. The molecule has 0 radical (unpaired) electrons. The number of nitrogens with zero attached hydrogens (tertiary/aromatic N) is 1. The van der Waals surface area contributed by atoms with E-state index in [0.29, 0.717) is 6.73 Å². The van der Waals surface area contributed by atoms with Crippen molar-refractivity contribution in [3.63, 3.8) is 0 Å². The minimum absolute atomic E-state index is 0.461. The highest BCUT2D eigenvalue weighted by molar-refractivity contribution is 5.97. The van der Waals surface area contributed by atoms with E-state index in [0.717, 1.165) is 29.0 Å². The van der Waals surface area contributed by atoms with Gasteiger partial charge in [0.15, 0.2) is 6.21 Å². The topological polar surface area (TPSA) is 12.2 Å². The van der Waals surface area contributed by atoms with Crippen molar-refractivity contribution in [1.29, 1.82) is 0 Å². The molecule has 0 amide bonds. The quantitative estimate of drug-likeness (QED) is 0.280. The average molecular weight is 467 g/mol. The number of benzene rings is 4. The van der Waals surface area contributed by atoms with Gasteiger partial charge in [0.2, 0.25) is 5.70 Å². The average Bonchev–Trinajstić information content (AvgIpc) is 3.15. The minimum atomic E-state index is 0.461. The van der Waals surface area contributed by atoms with Gasteiger partial charge in [-0.3, -0.25) is 0 Å². The molecule has 36 heavy (non-hydrogen) atoms. The predicted molar refractivity (Wildman–Crippen MR) is 149 cm³/mol. The Morgan fingerprint density at radius 2 is 1.31 bits per heavy atom. The number of ether oxygens (including phenoxy) is 1. The Morgan fingerprint density at radius 3 is 2.00 bits per heavy atom. The van der Waals surface area contributed by atoms with Crippen LogP contribution in [0.2, 0.25) is 0 Å². The zero-order chi connectivity index (χ0) is 24.3. The molecule has 2 heteroatoms. The summed E-state index contributed by atoms with van der Waals surface area (Å²) in [5, 5.41) is 0. The number of aryl methyl sites for hydroxylation is 1. The molecule has 0 saturated heterocycles. The van der Waals surface area contributed by atoms with Crippen molar-refractivity contribution in [1.82, 2.24) is 0 Å². The molecular weight excluding hydrogens is 438 g/mol. The summed E-state index contributed by atoms with van der Waals surface area (Å²) in [5.74, 6) is 0.968. The van der Waals surface area contributed by atoms with Crippen molar-refractivity contribution in [3.05, 3.63) is 155 Å². The monoisotopic (exact) mass is 466 g/mol. The van der Waals surface area contributed by atoms with E-state index < -0.39 is 0 Å². The van der Waals surface area contributed by atoms with Crippen LogP contribution in [0.3, 0.4) is 0 Å². The van der Waals surface area contributed by atoms with E-state index in [4.69, 9.17) is 4.74 Å². The lowest BCUT2D eigenvalue weighted by Crippen LogP contribution is -2.26. The second-order valence-electron chi connectivity index (χ2n) is 9.22. The van der Waals surface area contributed by atoms with Crippen LogP contribution in [0, 0.1) is 6.92 Å². The Labute approximate surface area is 212 Å². The van der Waals surface area contributed by atoms with Crippen LogP contribution in [-0.4, -0.2) is 17.5 Å². The molecule has 1 heterocycles. The summed E-state index contributed by atoms with van der Waals surface area (Å²) >= 11 is 0. The molecule has 0 aromatic heterocycles. The highest BCUT2D eigenvalue weighted by atomic mass is 16.5. The SMILES string of the molecule is Cc1cccc2c1OC[N+](C1=C(c3ccccc3)C=C(c3ccccc3)CC=C1c1ccccc1)=C2. The van der Waals surface area contributed by atoms with Crippen LogP contribution in [-0.2, 0) is 0 Å². The van der Waals surface area contributed by atoms with Crippen molar-refractivity contribution in [2.45, 2.75) is 13.3 Å². The second kappa shape index (κ2) is 9.67. The maximum atomic E-state index is 6.35. The van der Waals surface area contributed by atoms with E-state index in [2.05, 4.69) is 139 Å². The highest BCUT2D eigenvalue weighted by Gasteiger charge is 2.30. The summed E-state index contributed by atoms with van der Waals surface area (Å²) in [4.78, 5) is 0. The molecule has 0 unspecified atom stereocenters. The summed E-state index contributed by atoms with van der Waals surface area (Å²) in [5.41, 5.74) is 10.8. The Morgan fingerprint density at radius 1 is 0.667 bits per heavy atom. The van der Waals surface area contributed by atoms with Gasteiger partial charge in [-0.1, -0.05) is 109 Å². The first-order valence-electron chi connectivity index (χ1n) is 12.4. The third-order valence-corrected chi connectivity index (χ3v) is 6.84. The molecule has 0 spiro atoms. The zero-order valence-electron chi connectivity index (χ0n) is 20.4. The molecule has 1 aliphatic carbocycles. The van der Waals surface area contributed by atoms with E-state index >= 15 is 0 Å². The Kier molecular flexibility index (Phi) is 5.93. The number of hydrogen-bond donors (Lipinski definition) is 0. The number of hydrogen-bond acceptors (Lipinski definition) is 1. The van der Waals surface area contributed by atoms with E-state index in [-0.39, 0.29) is 0 Å². The van der Waals surface area contributed by atoms with Gasteiger partial charge < -0.3 is 4.74 Å². The van der Waals surface area contributed by atoms with E-state index in [1.165, 1.54) is 33.4 Å². The fourth-order valence-corrected chi connectivity index (χ4v) is 5.07. The summed E-state index contributed by atoms with van der Waals surface area (Å²) in [6.45, 7) is 2.56. The molecule has 4 aromatic rings. The van der Waals surface area contributed by atoms with Crippen molar-refractivity contribution in [2.24, 2.45) is 0 Å². The van der Waals surface area contributed by atoms with Gasteiger partial charge in [0.1, 0.15) is 5.75 Å². The maximum absolute atomic E-state index is 6.35. The van der Waals surface area contributed by atoms with Crippen LogP contribution in [0.25, 0.3) is 16.7 Å². The van der Waals surface area contributed by atoms with Crippen LogP contribution in [0.4, 0.5) is 0 Å². The fourth-order valence-electron chi connectivity index (χ4n) is 5.07. The zero-order valence-corrected chi connectivity index (χ0v) is 20.4. The Balaban J connectivity index is 1.64. The standard InChI is InChI=1S/C34H28NO/c1-25-12-11-19-30-23-35(24-36-34(25)30)33-31(27-15-7-3-8-16-27)21-20-29(26-13-5-2-6-14-26)22-32(33)28-17-9-4-10-18-28/h2-19,21-23H,20,24H2,1H3/q+1. The largest absolute Gasteiger partial charge is 0.435 e. The van der Waals surface area contributed by atoms with Gasteiger partial charge in [0.05, 0.1) is 16.7 Å². The number of fused-ring (bicyclic) bond motifs is 1. The van der Waals surface area contributed by atoms with Crippen molar-refractivity contribution >= 4 is 22.9 Å². The first-order valence-corrected chi connectivity index (χ1v) is 12.4. The van der Waals surface area contributed by atoms with Crippen molar-refractivity contribution in [2.75, 3.05) is 6.73 Å². The molecule has 2 nitrogen and oxygen atoms in total. The molecule has 0 saturated carbocycles. The van der Waals surface area contributed by atoms with Crippen LogP contribution in [0.15, 0.2) is 127 Å². The van der Waals surface area contributed by atoms with Crippen LogP contribution >= 0.6 is 0 Å². The second-order valence-corrected chi connectivity index (χ2v) is 9.22. The molecular formula is C34H28NO+. The van der Waals surface area contributed by atoms with Gasteiger partial charge >= 0.3 is 0 Å². The van der Waals surface area contributed by atoms with Gasteiger partial charge in [-0.05, 0) is 53.3 Å². The van der Waals surface area contributed by atoms with Crippen LogP contribution < -0.4 is 4.74 Å². The Hall–Kier alpha value is -4.43. The van der Waals surface area contributed by atoms with Crippen LogP contribution in [0.1, 0.15) is 34.2 Å². The lowest BCUT2D eigenvalue weighted by Gasteiger charge is -2.19.